The van der Waals surface area contributed by atoms with Crippen LogP contribution in [0, 0.1) is 0 Å². The van der Waals surface area contributed by atoms with Crippen molar-refractivity contribution in [3.8, 4) is 22.8 Å². The average molecular weight is 349 g/mol. The summed E-state index contributed by atoms with van der Waals surface area (Å²) in [6.45, 7) is 0.426. The minimum atomic E-state index is -0.873. The molecular formula is C21H19NO4. The van der Waals surface area contributed by atoms with Crippen LogP contribution >= 0.6 is 0 Å². The third-order valence-electron chi connectivity index (χ3n) is 3.89. The number of ether oxygens (including phenoxy) is 2. The summed E-state index contributed by atoms with van der Waals surface area (Å²) in [6, 6.07) is 18.9. The third-order valence-corrected chi connectivity index (χ3v) is 3.89. The molecule has 0 bridgehead atoms. The van der Waals surface area contributed by atoms with Gasteiger partial charge in [-0.05, 0) is 29.3 Å². The van der Waals surface area contributed by atoms with Crippen LogP contribution in [0.5, 0.6) is 11.6 Å². The Morgan fingerprint density at radius 3 is 2.50 bits per heavy atom. The molecule has 1 aromatic heterocycles. The molecule has 2 aromatic carbocycles. The fraction of sp³-hybridized carbons (Fsp3) is 0.143. The van der Waals surface area contributed by atoms with Crippen molar-refractivity contribution < 1.29 is 19.4 Å². The van der Waals surface area contributed by atoms with E-state index in [0.717, 1.165) is 16.7 Å². The van der Waals surface area contributed by atoms with E-state index in [-0.39, 0.29) is 6.42 Å². The molecule has 0 aliphatic heterocycles. The van der Waals surface area contributed by atoms with Crippen LogP contribution in [0.3, 0.4) is 0 Å². The maximum Gasteiger partial charge on any atom is 0.307 e. The zero-order chi connectivity index (χ0) is 18.4. The smallest absolute Gasteiger partial charge is 0.307 e. The van der Waals surface area contributed by atoms with E-state index in [0.29, 0.717) is 23.8 Å². The second kappa shape index (κ2) is 8.16. The lowest BCUT2D eigenvalue weighted by atomic mass is 10.0. The summed E-state index contributed by atoms with van der Waals surface area (Å²) >= 11 is 0. The van der Waals surface area contributed by atoms with E-state index in [1.54, 1.807) is 31.5 Å². The van der Waals surface area contributed by atoms with Gasteiger partial charge in [-0.1, -0.05) is 36.4 Å². The summed E-state index contributed by atoms with van der Waals surface area (Å²) < 4.78 is 11.1. The van der Waals surface area contributed by atoms with Gasteiger partial charge in [0.25, 0.3) is 0 Å². The Morgan fingerprint density at radius 2 is 1.85 bits per heavy atom. The van der Waals surface area contributed by atoms with E-state index in [1.165, 1.54) is 0 Å². The molecule has 1 N–H and O–H groups in total. The largest absolute Gasteiger partial charge is 0.488 e. The Balaban J connectivity index is 1.92. The van der Waals surface area contributed by atoms with Gasteiger partial charge >= 0.3 is 5.97 Å². The number of methoxy groups -OCH3 is 1. The zero-order valence-electron chi connectivity index (χ0n) is 14.4. The molecule has 0 aliphatic rings. The summed E-state index contributed by atoms with van der Waals surface area (Å²) in [5, 5.41) is 9.06. The van der Waals surface area contributed by atoms with E-state index in [4.69, 9.17) is 14.6 Å². The predicted octanol–water partition coefficient (Wildman–Crippen LogP) is 3.96. The van der Waals surface area contributed by atoms with Crippen LogP contribution in [0.15, 0.2) is 66.9 Å². The number of carboxylic acid groups (broad SMARTS) is 1. The van der Waals surface area contributed by atoms with E-state index in [1.807, 2.05) is 42.5 Å². The molecule has 0 amide bonds. The first kappa shape index (κ1) is 17.5. The van der Waals surface area contributed by atoms with Gasteiger partial charge in [0.15, 0.2) is 0 Å². The second-order valence-corrected chi connectivity index (χ2v) is 5.76. The minimum absolute atomic E-state index is 0.0461. The van der Waals surface area contributed by atoms with Crippen molar-refractivity contribution in [3.63, 3.8) is 0 Å². The highest BCUT2D eigenvalue weighted by Crippen LogP contribution is 2.32. The van der Waals surface area contributed by atoms with Crippen LogP contribution in [0.1, 0.15) is 11.1 Å². The number of aliphatic carboxylic acids is 1. The molecule has 1 heterocycles. The Morgan fingerprint density at radius 1 is 1.04 bits per heavy atom. The molecule has 0 saturated heterocycles. The molecule has 0 spiro atoms. The Labute approximate surface area is 151 Å². The van der Waals surface area contributed by atoms with Crippen LogP contribution < -0.4 is 9.47 Å². The van der Waals surface area contributed by atoms with E-state index in [9.17, 15) is 4.79 Å². The normalized spacial score (nSPS) is 10.3. The average Bonchev–Trinajstić information content (AvgIpc) is 2.67. The first-order chi connectivity index (χ1) is 12.7. The zero-order valence-corrected chi connectivity index (χ0v) is 14.4. The molecule has 5 heteroatoms. The molecule has 0 aliphatic carbocycles. The number of hydrogen-bond donors (Lipinski definition) is 1. The van der Waals surface area contributed by atoms with Crippen LogP contribution in [0.25, 0.3) is 11.1 Å². The molecule has 26 heavy (non-hydrogen) atoms. The fourth-order valence-corrected chi connectivity index (χ4v) is 2.61. The number of benzene rings is 2. The highest BCUT2D eigenvalue weighted by molar-refractivity contribution is 5.74. The summed E-state index contributed by atoms with van der Waals surface area (Å²) in [4.78, 5) is 15.3. The van der Waals surface area contributed by atoms with Crippen LogP contribution in [-0.4, -0.2) is 23.2 Å². The number of carboxylic acids is 1. The highest BCUT2D eigenvalue weighted by Gasteiger charge is 2.11. The standard InChI is InChI=1S/C21H19NO4/c1-25-20-10-8-17(13-22-20)18-11-16(12-21(23)24)7-9-19(18)26-14-15-5-3-2-4-6-15/h2-11,13H,12,14H2,1H3,(H,23,24). The monoisotopic (exact) mass is 349 g/mol. The van der Waals surface area contributed by atoms with Crippen molar-refractivity contribution in [2.24, 2.45) is 0 Å². The van der Waals surface area contributed by atoms with Crippen molar-refractivity contribution in [1.82, 2.24) is 4.98 Å². The van der Waals surface area contributed by atoms with Crippen LogP contribution in [0.4, 0.5) is 0 Å². The quantitative estimate of drug-likeness (QED) is 0.699. The van der Waals surface area contributed by atoms with Gasteiger partial charge in [-0.15, -0.1) is 0 Å². The van der Waals surface area contributed by atoms with Crippen molar-refractivity contribution in [3.05, 3.63) is 78.0 Å². The molecule has 0 saturated carbocycles. The number of hydrogen-bond acceptors (Lipinski definition) is 4. The molecule has 0 fully saturated rings. The van der Waals surface area contributed by atoms with E-state index >= 15 is 0 Å². The van der Waals surface area contributed by atoms with E-state index in [2.05, 4.69) is 4.98 Å². The summed E-state index contributed by atoms with van der Waals surface area (Å²) in [5.41, 5.74) is 3.40. The molecule has 5 nitrogen and oxygen atoms in total. The summed E-state index contributed by atoms with van der Waals surface area (Å²) in [5.74, 6) is 0.318. The second-order valence-electron chi connectivity index (χ2n) is 5.76. The van der Waals surface area contributed by atoms with Crippen molar-refractivity contribution in [2.45, 2.75) is 13.0 Å². The number of aromatic nitrogens is 1. The molecule has 132 valence electrons. The molecule has 0 atom stereocenters. The van der Waals surface area contributed by atoms with Crippen molar-refractivity contribution in [2.75, 3.05) is 7.11 Å². The minimum Gasteiger partial charge on any atom is -0.488 e. The van der Waals surface area contributed by atoms with Gasteiger partial charge in [-0.25, -0.2) is 4.98 Å². The summed E-state index contributed by atoms with van der Waals surface area (Å²) in [6.07, 6.45) is 1.64. The van der Waals surface area contributed by atoms with Gasteiger partial charge in [0, 0.05) is 23.4 Å². The van der Waals surface area contributed by atoms with Crippen molar-refractivity contribution >= 4 is 5.97 Å². The SMILES string of the molecule is COc1ccc(-c2cc(CC(=O)O)ccc2OCc2ccccc2)cn1. The maximum atomic E-state index is 11.0. The topological polar surface area (TPSA) is 68.7 Å². The lowest BCUT2D eigenvalue weighted by Crippen LogP contribution is -2.02. The van der Waals surface area contributed by atoms with E-state index < -0.39 is 5.97 Å². The Hall–Kier alpha value is -3.34. The number of nitrogens with zero attached hydrogens (tertiary/aromatic N) is 1. The van der Waals surface area contributed by atoms with Crippen molar-refractivity contribution in [1.29, 1.82) is 0 Å². The first-order valence-electron chi connectivity index (χ1n) is 8.17. The molecule has 0 unspecified atom stereocenters. The van der Waals surface area contributed by atoms with Gasteiger partial charge in [-0.3, -0.25) is 4.79 Å². The molecular weight excluding hydrogens is 330 g/mol. The Kier molecular flexibility index (Phi) is 5.49. The van der Waals surface area contributed by atoms with Gasteiger partial charge in [0.05, 0.1) is 13.5 Å². The molecule has 3 aromatic rings. The van der Waals surface area contributed by atoms with Gasteiger partial charge in [0.1, 0.15) is 12.4 Å². The number of pyridine rings is 1. The molecule has 3 rings (SSSR count). The van der Waals surface area contributed by atoms with Crippen LogP contribution in [0.2, 0.25) is 0 Å². The lowest BCUT2D eigenvalue weighted by Gasteiger charge is -2.13. The lowest BCUT2D eigenvalue weighted by molar-refractivity contribution is -0.136. The van der Waals surface area contributed by atoms with Gasteiger partial charge in [-0.2, -0.15) is 0 Å². The molecule has 0 radical (unpaired) electrons. The highest BCUT2D eigenvalue weighted by atomic mass is 16.5. The Bertz CT molecular complexity index is 876. The fourth-order valence-electron chi connectivity index (χ4n) is 2.61. The number of carbonyl (C=O) groups is 1. The van der Waals surface area contributed by atoms with Gasteiger partial charge < -0.3 is 14.6 Å². The predicted molar refractivity (Wildman–Crippen MR) is 98.3 cm³/mol. The van der Waals surface area contributed by atoms with Gasteiger partial charge in [0.2, 0.25) is 5.88 Å². The third kappa shape index (κ3) is 4.39. The number of rotatable bonds is 7. The maximum absolute atomic E-state index is 11.0. The first-order valence-corrected chi connectivity index (χ1v) is 8.17. The summed E-state index contributed by atoms with van der Waals surface area (Å²) in [7, 11) is 1.56. The van der Waals surface area contributed by atoms with Crippen LogP contribution in [-0.2, 0) is 17.8 Å².